The van der Waals surface area contributed by atoms with E-state index in [1.807, 2.05) is 25.9 Å². The number of rotatable bonds is 4. The third-order valence-electron chi connectivity index (χ3n) is 2.34. The summed E-state index contributed by atoms with van der Waals surface area (Å²) in [4.78, 5) is 13.9. The molecular weight excluding hydrogens is 216 g/mol. The largest absolute Gasteiger partial charge is 0.399 e. The summed E-state index contributed by atoms with van der Waals surface area (Å²) >= 11 is 0. The molecule has 0 bridgehead atoms. The summed E-state index contributed by atoms with van der Waals surface area (Å²) in [6.45, 7) is 2.73. The molecule has 1 atom stereocenters. The fraction of sp³-hybridized carbons (Fsp3) is 0.417. The molecule has 0 aliphatic heterocycles. The minimum absolute atomic E-state index is 0.0643. The highest BCUT2D eigenvalue weighted by Gasteiger charge is 2.12. The lowest BCUT2D eigenvalue weighted by Gasteiger charge is -2.18. The molecule has 5 heteroatoms. The van der Waals surface area contributed by atoms with Crippen LogP contribution in [-0.4, -0.2) is 37.5 Å². The summed E-state index contributed by atoms with van der Waals surface area (Å²) in [6.07, 6.45) is 0. The van der Waals surface area contributed by atoms with Crippen molar-refractivity contribution in [2.45, 2.75) is 13.0 Å². The van der Waals surface area contributed by atoms with Gasteiger partial charge in [-0.3, -0.25) is 4.79 Å². The van der Waals surface area contributed by atoms with E-state index in [2.05, 4.69) is 5.32 Å². The van der Waals surface area contributed by atoms with Crippen LogP contribution in [-0.2, 0) is 0 Å². The number of nitrogen functional groups attached to an aromatic ring is 2. The van der Waals surface area contributed by atoms with Gasteiger partial charge in [-0.25, -0.2) is 0 Å². The van der Waals surface area contributed by atoms with Gasteiger partial charge in [0.1, 0.15) is 0 Å². The average molecular weight is 236 g/mol. The smallest absolute Gasteiger partial charge is 0.253 e. The number of nitrogens with zero attached hydrogens (tertiary/aromatic N) is 1. The molecule has 0 aliphatic rings. The van der Waals surface area contributed by atoms with E-state index in [-0.39, 0.29) is 11.9 Å². The molecule has 5 nitrogen and oxygen atoms in total. The van der Waals surface area contributed by atoms with Crippen molar-refractivity contribution in [3.05, 3.63) is 23.8 Å². The second-order valence-electron chi connectivity index (χ2n) is 4.48. The predicted molar refractivity (Wildman–Crippen MR) is 70.7 cm³/mol. The van der Waals surface area contributed by atoms with Crippen LogP contribution in [0.3, 0.4) is 0 Å². The molecule has 5 N–H and O–H groups in total. The fourth-order valence-corrected chi connectivity index (χ4v) is 1.68. The molecule has 0 aliphatic carbocycles. The summed E-state index contributed by atoms with van der Waals surface area (Å²) in [5, 5.41) is 2.89. The number of benzene rings is 1. The lowest BCUT2D eigenvalue weighted by atomic mass is 10.1. The maximum absolute atomic E-state index is 11.9. The van der Waals surface area contributed by atoms with Gasteiger partial charge >= 0.3 is 0 Å². The highest BCUT2D eigenvalue weighted by atomic mass is 16.1. The van der Waals surface area contributed by atoms with Crippen LogP contribution in [0.4, 0.5) is 11.4 Å². The van der Waals surface area contributed by atoms with Crippen LogP contribution < -0.4 is 16.8 Å². The van der Waals surface area contributed by atoms with Gasteiger partial charge in [-0.2, -0.15) is 0 Å². The van der Waals surface area contributed by atoms with Crippen LogP contribution in [0.25, 0.3) is 0 Å². The van der Waals surface area contributed by atoms with E-state index in [4.69, 9.17) is 11.5 Å². The molecule has 1 aromatic carbocycles. The van der Waals surface area contributed by atoms with Gasteiger partial charge in [-0.15, -0.1) is 0 Å². The Morgan fingerprint density at radius 3 is 2.59 bits per heavy atom. The van der Waals surface area contributed by atoms with Gasteiger partial charge < -0.3 is 21.7 Å². The first kappa shape index (κ1) is 13.3. The minimum Gasteiger partial charge on any atom is -0.399 e. The predicted octanol–water partition coefficient (Wildman–Crippen LogP) is 0.531. The summed E-state index contributed by atoms with van der Waals surface area (Å²) in [5.74, 6) is -0.170. The number of hydrogen-bond acceptors (Lipinski definition) is 4. The molecular formula is C12H20N4O. The van der Waals surface area contributed by atoms with Crippen LogP contribution in [0.5, 0.6) is 0 Å². The number of carbonyl (C=O) groups excluding carboxylic acids is 1. The van der Waals surface area contributed by atoms with E-state index in [1.54, 1.807) is 18.2 Å². The summed E-state index contributed by atoms with van der Waals surface area (Å²) in [6, 6.07) is 4.96. The maximum atomic E-state index is 11.9. The third kappa shape index (κ3) is 3.96. The van der Waals surface area contributed by atoms with Gasteiger partial charge in [0.05, 0.1) is 5.56 Å². The molecule has 1 amide bonds. The van der Waals surface area contributed by atoms with Crippen molar-refractivity contribution in [1.29, 1.82) is 0 Å². The van der Waals surface area contributed by atoms with Gasteiger partial charge in [0.15, 0.2) is 0 Å². The van der Waals surface area contributed by atoms with Gasteiger partial charge in [-0.05, 0) is 39.2 Å². The molecule has 1 rings (SSSR count). The number of hydrogen-bond donors (Lipinski definition) is 3. The molecule has 17 heavy (non-hydrogen) atoms. The van der Waals surface area contributed by atoms with Crippen LogP contribution in [0.1, 0.15) is 17.3 Å². The lowest BCUT2D eigenvalue weighted by molar-refractivity contribution is 0.0935. The normalized spacial score (nSPS) is 12.5. The molecule has 0 heterocycles. The standard InChI is InChI=1S/C12H20N4O/c1-8(7-16(2)3)15-12(17)10-5-4-9(13)6-11(10)14/h4-6,8H,7,13-14H2,1-3H3,(H,15,17). The molecule has 1 unspecified atom stereocenters. The Morgan fingerprint density at radius 2 is 2.06 bits per heavy atom. The average Bonchev–Trinajstić information content (AvgIpc) is 2.15. The minimum atomic E-state index is -0.170. The second-order valence-corrected chi connectivity index (χ2v) is 4.48. The first-order valence-corrected chi connectivity index (χ1v) is 5.50. The van der Waals surface area contributed by atoms with Gasteiger partial charge in [0.2, 0.25) is 0 Å². The highest BCUT2D eigenvalue weighted by Crippen LogP contribution is 2.15. The molecule has 0 saturated carbocycles. The molecule has 0 saturated heterocycles. The van der Waals surface area contributed by atoms with Gasteiger partial charge in [-0.1, -0.05) is 0 Å². The van der Waals surface area contributed by atoms with Gasteiger partial charge in [0, 0.05) is 24.0 Å². The van der Waals surface area contributed by atoms with Crippen molar-refractivity contribution in [3.63, 3.8) is 0 Å². The zero-order chi connectivity index (χ0) is 13.0. The van der Waals surface area contributed by atoms with Crippen molar-refractivity contribution in [2.24, 2.45) is 0 Å². The highest BCUT2D eigenvalue weighted by molar-refractivity contribution is 5.99. The molecule has 0 aromatic heterocycles. The Morgan fingerprint density at radius 1 is 1.41 bits per heavy atom. The van der Waals surface area contributed by atoms with E-state index in [1.165, 1.54) is 0 Å². The Bertz CT molecular complexity index is 403. The summed E-state index contributed by atoms with van der Waals surface area (Å²) < 4.78 is 0. The SMILES string of the molecule is CC(CN(C)C)NC(=O)c1ccc(N)cc1N. The van der Waals surface area contributed by atoms with E-state index in [9.17, 15) is 4.79 Å². The van der Waals surface area contributed by atoms with Gasteiger partial charge in [0.25, 0.3) is 5.91 Å². The molecule has 1 aromatic rings. The maximum Gasteiger partial charge on any atom is 0.253 e. The van der Waals surface area contributed by atoms with E-state index in [0.29, 0.717) is 16.9 Å². The zero-order valence-electron chi connectivity index (χ0n) is 10.5. The number of nitrogens with one attached hydrogen (secondary N) is 1. The van der Waals surface area contributed by atoms with Crippen molar-refractivity contribution < 1.29 is 4.79 Å². The van der Waals surface area contributed by atoms with E-state index < -0.39 is 0 Å². The van der Waals surface area contributed by atoms with Crippen molar-refractivity contribution >= 4 is 17.3 Å². The Hall–Kier alpha value is -1.75. The summed E-state index contributed by atoms with van der Waals surface area (Å²) in [5.41, 5.74) is 12.7. The number of likely N-dealkylation sites (N-methyl/N-ethyl adjacent to an activating group) is 1. The van der Waals surface area contributed by atoms with Crippen molar-refractivity contribution in [3.8, 4) is 0 Å². The Balaban J connectivity index is 2.70. The van der Waals surface area contributed by atoms with Crippen LogP contribution in [0, 0.1) is 0 Å². The van der Waals surface area contributed by atoms with Crippen LogP contribution in [0.2, 0.25) is 0 Å². The third-order valence-corrected chi connectivity index (χ3v) is 2.34. The number of anilines is 2. The first-order valence-electron chi connectivity index (χ1n) is 5.50. The number of amides is 1. The Labute approximate surface area is 102 Å². The van der Waals surface area contributed by atoms with E-state index >= 15 is 0 Å². The molecule has 0 radical (unpaired) electrons. The topological polar surface area (TPSA) is 84.4 Å². The molecule has 0 spiro atoms. The van der Waals surface area contributed by atoms with Crippen molar-refractivity contribution in [2.75, 3.05) is 32.1 Å². The monoisotopic (exact) mass is 236 g/mol. The Kier molecular flexibility index (Phi) is 4.34. The lowest BCUT2D eigenvalue weighted by Crippen LogP contribution is -2.39. The zero-order valence-corrected chi connectivity index (χ0v) is 10.5. The number of nitrogens with two attached hydrogens (primary N) is 2. The van der Waals surface area contributed by atoms with E-state index in [0.717, 1.165) is 6.54 Å². The molecule has 94 valence electrons. The quantitative estimate of drug-likeness (QED) is 0.666. The summed E-state index contributed by atoms with van der Waals surface area (Å²) in [7, 11) is 3.92. The van der Waals surface area contributed by atoms with Crippen molar-refractivity contribution in [1.82, 2.24) is 10.2 Å². The fourth-order valence-electron chi connectivity index (χ4n) is 1.68. The molecule has 0 fully saturated rings. The van der Waals surface area contributed by atoms with Crippen LogP contribution in [0.15, 0.2) is 18.2 Å². The number of carbonyl (C=O) groups is 1. The van der Waals surface area contributed by atoms with Crippen LogP contribution >= 0.6 is 0 Å². The second kappa shape index (κ2) is 5.54. The first-order chi connectivity index (χ1) is 7.90.